The average molecular weight is 289 g/mol. The number of nitrogens with zero attached hydrogens (tertiary/aromatic N) is 3. The summed E-state index contributed by atoms with van der Waals surface area (Å²) in [5.41, 5.74) is 1.12. The lowest BCUT2D eigenvalue weighted by atomic mass is 10.0. The average Bonchev–Trinajstić information content (AvgIpc) is 2.90. The van der Waals surface area contributed by atoms with Crippen LogP contribution < -0.4 is 5.56 Å². The van der Waals surface area contributed by atoms with E-state index in [0.29, 0.717) is 11.9 Å². The standard InChI is InChI=1S/C16H23N3O2/c1-17-8-4-13(11-16(17)21)12-18-9-5-14(6-10-18)19-7-2-3-15(19)20/h4,8,11,14H,2-3,5-7,9-10,12H2,1H3. The Balaban J connectivity index is 1.55. The summed E-state index contributed by atoms with van der Waals surface area (Å²) in [4.78, 5) is 27.9. The molecule has 2 aliphatic heterocycles. The van der Waals surface area contributed by atoms with Crippen molar-refractivity contribution in [2.45, 2.75) is 38.3 Å². The van der Waals surface area contributed by atoms with Gasteiger partial charge in [-0.1, -0.05) is 0 Å². The first-order valence-electron chi connectivity index (χ1n) is 7.81. The Morgan fingerprint density at radius 2 is 1.95 bits per heavy atom. The van der Waals surface area contributed by atoms with Gasteiger partial charge in [-0.25, -0.2) is 0 Å². The van der Waals surface area contributed by atoms with Gasteiger partial charge < -0.3 is 9.47 Å². The number of piperidine rings is 1. The zero-order chi connectivity index (χ0) is 14.8. The summed E-state index contributed by atoms with van der Waals surface area (Å²) in [6.07, 6.45) is 5.68. The van der Waals surface area contributed by atoms with Crippen molar-refractivity contribution in [1.29, 1.82) is 0 Å². The molecule has 21 heavy (non-hydrogen) atoms. The Bertz CT molecular complexity index is 573. The van der Waals surface area contributed by atoms with Gasteiger partial charge in [0.15, 0.2) is 0 Å². The number of hydrogen-bond donors (Lipinski definition) is 0. The third-order valence-electron chi connectivity index (χ3n) is 4.68. The second kappa shape index (κ2) is 6.02. The number of rotatable bonds is 3. The minimum atomic E-state index is 0.0463. The van der Waals surface area contributed by atoms with Gasteiger partial charge in [-0.2, -0.15) is 0 Å². The van der Waals surface area contributed by atoms with Crippen LogP contribution >= 0.6 is 0 Å². The highest BCUT2D eigenvalue weighted by Gasteiger charge is 2.30. The Morgan fingerprint density at radius 1 is 1.19 bits per heavy atom. The van der Waals surface area contributed by atoms with Crippen LogP contribution in [0.5, 0.6) is 0 Å². The summed E-state index contributed by atoms with van der Waals surface area (Å²) in [7, 11) is 1.77. The van der Waals surface area contributed by atoms with Gasteiger partial charge in [0.2, 0.25) is 5.91 Å². The van der Waals surface area contributed by atoms with Gasteiger partial charge in [0.25, 0.3) is 5.56 Å². The molecule has 2 aliphatic rings. The van der Waals surface area contributed by atoms with Crippen LogP contribution in [0.1, 0.15) is 31.2 Å². The molecule has 0 radical (unpaired) electrons. The van der Waals surface area contributed by atoms with E-state index in [0.717, 1.165) is 57.4 Å². The molecule has 5 heteroatoms. The number of likely N-dealkylation sites (tertiary alicyclic amines) is 2. The number of aromatic nitrogens is 1. The van der Waals surface area contributed by atoms with E-state index in [4.69, 9.17) is 0 Å². The first-order valence-corrected chi connectivity index (χ1v) is 7.81. The van der Waals surface area contributed by atoms with Crippen molar-refractivity contribution in [1.82, 2.24) is 14.4 Å². The second-order valence-corrected chi connectivity index (χ2v) is 6.18. The van der Waals surface area contributed by atoms with Gasteiger partial charge in [-0.05, 0) is 30.9 Å². The molecule has 0 saturated carbocycles. The molecule has 3 rings (SSSR count). The van der Waals surface area contributed by atoms with Gasteiger partial charge in [0, 0.05) is 58.0 Å². The molecule has 0 aromatic carbocycles. The van der Waals surface area contributed by atoms with Crippen molar-refractivity contribution in [2.75, 3.05) is 19.6 Å². The van der Waals surface area contributed by atoms with E-state index in [1.807, 2.05) is 12.3 Å². The van der Waals surface area contributed by atoms with Gasteiger partial charge in [0.1, 0.15) is 0 Å². The van der Waals surface area contributed by atoms with Crippen LogP contribution in [0.4, 0.5) is 0 Å². The molecule has 0 atom stereocenters. The highest BCUT2D eigenvalue weighted by Crippen LogP contribution is 2.22. The summed E-state index contributed by atoms with van der Waals surface area (Å²) in [6.45, 7) is 3.78. The van der Waals surface area contributed by atoms with E-state index >= 15 is 0 Å². The third kappa shape index (κ3) is 3.18. The zero-order valence-corrected chi connectivity index (χ0v) is 12.6. The summed E-state index contributed by atoms with van der Waals surface area (Å²) in [5, 5.41) is 0. The Hall–Kier alpha value is -1.62. The predicted molar refractivity (Wildman–Crippen MR) is 80.9 cm³/mol. The van der Waals surface area contributed by atoms with E-state index in [9.17, 15) is 9.59 Å². The molecule has 1 aromatic heterocycles. The van der Waals surface area contributed by atoms with E-state index in [1.165, 1.54) is 0 Å². The third-order valence-corrected chi connectivity index (χ3v) is 4.68. The molecule has 3 heterocycles. The van der Waals surface area contributed by atoms with Crippen molar-refractivity contribution >= 4 is 5.91 Å². The van der Waals surface area contributed by atoms with Crippen LogP contribution in [-0.2, 0) is 18.4 Å². The first kappa shape index (κ1) is 14.3. The Kier molecular flexibility index (Phi) is 4.10. The SMILES string of the molecule is Cn1ccc(CN2CCC(N3CCCC3=O)CC2)cc1=O. The molecule has 2 fully saturated rings. The van der Waals surface area contributed by atoms with Crippen molar-refractivity contribution in [3.63, 3.8) is 0 Å². The molecule has 114 valence electrons. The van der Waals surface area contributed by atoms with Gasteiger partial charge in [-0.3, -0.25) is 14.5 Å². The number of carbonyl (C=O) groups excluding carboxylic acids is 1. The topological polar surface area (TPSA) is 45.5 Å². The summed E-state index contributed by atoms with van der Waals surface area (Å²) in [6, 6.07) is 4.16. The summed E-state index contributed by atoms with van der Waals surface area (Å²) < 4.78 is 1.59. The van der Waals surface area contributed by atoms with Gasteiger partial charge in [-0.15, -0.1) is 0 Å². The number of pyridine rings is 1. The molecule has 0 aliphatic carbocycles. The van der Waals surface area contributed by atoms with Crippen LogP contribution in [0.15, 0.2) is 23.1 Å². The van der Waals surface area contributed by atoms with Crippen LogP contribution in [0.2, 0.25) is 0 Å². The van der Waals surface area contributed by atoms with Crippen LogP contribution in [0.25, 0.3) is 0 Å². The molecule has 2 saturated heterocycles. The Morgan fingerprint density at radius 3 is 2.57 bits per heavy atom. The van der Waals surface area contributed by atoms with Crippen LogP contribution in [0.3, 0.4) is 0 Å². The van der Waals surface area contributed by atoms with Crippen molar-refractivity contribution < 1.29 is 4.79 Å². The molecular formula is C16H23N3O2. The van der Waals surface area contributed by atoms with Crippen LogP contribution in [0, 0.1) is 0 Å². The predicted octanol–water partition coefficient (Wildman–Crippen LogP) is 0.972. The lowest BCUT2D eigenvalue weighted by Crippen LogP contribution is -2.45. The largest absolute Gasteiger partial charge is 0.340 e. The molecule has 1 aromatic rings. The minimum Gasteiger partial charge on any atom is -0.340 e. The van der Waals surface area contributed by atoms with Crippen molar-refractivity contribution in [2.24, 2.45) is 7.05 Å². The smallest absolute Gasteiger partial charge is 0.250 e. The molecule has 0 spiro atoms. The molecule has 0 N–H and O–H groups in total. The lowest BCUT2D eigenvalue weighted by Gasteiger charge is -2.36. The monoisotopic (exact) mass is 289 g/mol. The summed E-state index contributed by atoms with van der Waals surface area (Å²) >= 11 is 0. The van der Waals surface area contributed by atoms with E-state index < -0.39 is 0 Å². The molecular weight excluding hydrogens is 266 g/mol. The fourth-order valence-electron chi connectivity index (χ4n) is 3.39. The fraction of sp³-hybridized carbons (Fsp3) is 0.625. The maximum absolute atomic E-state index is 11.8. The second-order valence-electron chi connectivity index (χ2n) is 6.18. The maximum atomic E-state index is 11.8. The molecule has 0 bridgehead atoms. The lowest BCUT2D eigenvalue weighted by molar-refractivity contribution is -0.130. The van der Waals surface area contributed by atoms with E-state index in [-0.39, 0.29) is 5.56 Å². The highest BCUT2D eigenvalue weighted by molar-refractivity contribution is 5.78. The van der Waals surface area contributed by atoms with Gasteiger partial charge >= 0.3 is 0 Å². The maximum Gasteiger partial charge on any atom is 0.250 e. The van der Waals surface area contributed by atoms with Crippen molar-refractivity contribution in [3.05, 3.63) is 34.2 Å². The minimum absolute atomic E-state index is 0.0463. The normalized spacial score (nSPS) is 21.2. The quantitative estimate of drug-likeness (QED) is 0.833. The zero-order valence-electron chi connectivity index (χ0n) is 12.6. The fourth-order valence-corrected chi connectivity index (χ4v) is 3.39. The number of amides is 1. The van der Waals surface area contributed by atoms with E-state index in [1.54, 1.807) is 17.7 Å². The van der Waals surface area contributed by atoms with Crippen LogP contribution in [-0.4, -0.2) is 46.0 Å². The van der Waals surface area contributed by atoms with Gasteiger partial charge in [0.05, 0.1) is 0 Å². The summed E-state index contributed by atoms with van der Waals surface area (Å²) in [5.74, 6) is 0.333. The highest BCUT2D eigenvalue weighted by atomic mass is 16.2. The van der Waals surface area contributed by atoms with E-state index in [2.05, 4.69) is 9.80 Å². The molecule has 0 unspecified atom stereocenters. The number of carbonyl (C=O) groups is 1. The number of aryl methyl sites for hydroxylation is 1. The molecule has 5 nitrogen and oxygen atoms in total. The first-order chi connectivity index (χ1) is 10.1. The number of hydrogen-bond acceptors (Lipinski definition) is 3. The molecule has 1 amide bonds. The van der Waals surface area contributed by atoms with Crippen molar-refractivity contribution in [3.8, 4) is 0 Å². The Labute approximate surface area is 125 Å².